The molecule has 0 unspecified atom stereocenters. The molecule has 0 aliphatic carbocycles. The molecule has 3 nitrogen and oxygen atoms in total. The number of rotatable bonds is 8. The summed E-state index contributed by atoms with van der Waals surface area (Å²) in [5.74, 6) is 0. The van der Waals surface area contributed by atoms with Crippen LogP contribution in [0.2, 0.25) is 0 Å². The molecule has 0 atom stereocenters. The molecule has 10 rings (SSSR count). The summed E-state index contributed by atoms with van der Waals surface area (Å²) in [6, 6.07) is 79.9. The van der Waals surface area contributed by atoms with Crippen LogP contribution in [0.15, 0.2) is 224 Å². The summed E-state index contributed by atoms with van der Waals surface area (Å²) in [7, 11) is 0. The minimum absolute atomic E-state index is 0.952. The van der Waals surface area contributed by atoms with Crippen LogP contribution in [0, 0.1) is 0 Å². The van der Waals surface area contributed by atoms with Crippen LogP contribution < -0.4 is 4.90 Å². The highest BCUT2D eigenvalue weighted by Crippen LogP contribution is 2.43. The lowest BCUT2D eigenvalue weighted by molar-refractivity contribution is 0.981. The first kappa shape index (κ1) is 33.1. The third-order valence-electron chi connectivity index (χ3n) is 10.6. The third-order valence-corrected chi connectivity index (χ3v) is 10.6. The molecule has 56 heavy (non-hydrogen) atoms. The minimum Gasteiger partial charge on any atom is -0.311 e. The Hall–Kier alpha value is -7.49. The van der Waals surface area contributed by atoms with Crippen molar-refractivity contribution in [3.63, 3.8) is 0 Å². The molecule has 2 aromatic heterocycles. The molecule has 0 amide bonds. The second-order valence-corrected chi connectivity index (χ2v) is 14.0. The average molecular weight is 716 g/mol. The average Bonchev–Trinajstić information content (AvgIpc) is 3.74. The van der Waals surface area contributed by atoms with Gasteiger partial charge in [-0.15, -0.1) is 0 Å². The molecule has 0 N–H and O–H groups in total. The van der Waals surface area contributed by atoms with E-state index in [1.165, 1.54) is 33.0 Å². The van der Waals surface area contributed by atoms with E-state index in [2.05, 4.69) is 228 Å². The molecule has 3 heteroatoms. The van der Waals surface area contributed by atoms with Gasteiger partial charge in [-0.25, -0.2) is 4.52 Å². The van der Waals surface area contributed by atoms with Gasteiger partial charge in [-0.05, 0) is 75.7 Å². The van der Waals surface area contributed by atoms with Crippen molar-refractivity contribution < 1.29 is 0 Å². The van der Waals surface area contributed by atoms with Gasteiger partial charge in [0.2, 0.25) is 0 Å². The van der Waals surface area contributed by atoms with Gasteiger partial charge in [0.15, 0.2) is 0 Å². The van der Waals surface area contributed by atoms with Crippen molar-refractivity contribution in [2.24, 2.45) is 0 Å². The molecule has 10 aromatic rings. The van der Waals surface area contributed by atoms with Gasteiger partial charge in [-0.1, -0.05) is 182 Å². The highest BCUT2D eigenvalue weighted by Gasteiger charge is 2.21. The van der Waals surface area contributed by atoms with E-state index < -0.39 is 0 Å². The second-order valence-electron chi connectivity index (χ2n) is 14.0. The van der Waals surface area contributed by atoms with Gasteiger partial charge in [0.05, 0.1) is 16.9 Å². The Kier molecular flexibility index (Phi) is 8.51. The second kappa shape index (κ2) is 14.4. The quantitative estimate of drug-likeness (QED) is 0.156. The number of nitrogens with zero attached hydrogens (tertiary/aromatic N) is 3. The van der Waals surface area contributed by atoms with Crippen LogP contribution in [0.25, 0.3) is 72.2 Å². The van der Waals surface area contributed by atoms with Crippen molar-refractivity contribution in [3.05, 3.63) is 224 Å². The molecular formula is C53H37N3. The smallest absolute Gasteiger partial charge is 0.0934 e. The Morgan fingerprint density at radius 2 is 0.696 bits per heavy atom. The molecule has 0 saturated heterocycles. The van der Waals surface area contributed by atoms with Crippen molar-refractivity contribution in [2.75, 3.05) is 4.90 Å². The number of hydrogen-bond acceptors (Lipinski definition) is 2. The van der Waals surface area contributed by atoms with Crippen molar-refractivity contribution in [1.29, 1.82) is 0 Å². The fraction of sp³-hybridized carbons (Fsp3) is 0. The van der Waals surface area contributed by atoms with Gasteiger partial charge < -0.3 is 4.90 Å². The summed E-state index contributed by atoms with van der Waals surface area (Å²) < 4.78 is 2.15. The van der Waals surface area contributed by atoms with E-state index in [0.29, 0.717) is 0 Å². The normalized spacial score (nSPS) is 11.2. The Labute approximate surface area is 327 Å². The number of benzene rings is 8. The maximum Gasteiger partial charge on any atom is 0.0934 e. The fourth-order valence-corrected chi connectivity index (χ4v) is 7.90. The van der Waals surface area contributed by atoms with E-state index in [4.69, 9.17) is 5.10 Å². The highest BCUT2D eigenvalue weighted by atomic mass is 15.2. The molecule has 0 aliphatic rings. The van der Waals surface area contributed by atoms with Gasteiger partial charge in [0.1, 0.15) is 0 Å². The number of aromatic nitrogens is 2. The third kappa shape index (κ3) is 6.12. The molecule has 8 aromatic carbocycles. The molecule has 0 fully saturated rings. The highest BCUT2D eigenvalue weighted by molar-refractivity contribution is 6.10. The van der Waals surface area contributed by atoms with Crippen LogP contribution in [-0.2, 0) is 0 Å². The van der Waals surface area contributed by atoms with Crippen LogP contribution >= 0.6 is 0 Å². The van der Waals surface area contributed by atoms with Crippen molar-refractivity contribution in [3.8, 4) is 55.9 Å². The summed E-state index contributed by atoms with van der Waals surface area (Å²) in [6.45, 7) is 0. The molecule has 0 saturated carbocycles. The Balaban J connectivity index is 1.13. The SMILES string of the molecule is c1ccc(-c2ccc(N(c3ccc(-c4ccccc4)cc3)c3ccc(-c4c(-c5ccccc5)n5nc(-c6ccccc6)cc5c5ccccc45)cc3)cc2)cc1. The van der Waals surface area contributed by atoms with Crippen LogP contribution in [0.1, 0.15) is 0 Å². The zero-order chi connectivity index (χ0) is 37.3. The van der Waals surface area contributed by atoms with Crippen LogP contribution in [0.5, 0.6) is 0 Å². The molecule has 0 radical (unpaired) electrons. The summed E-state index contributed by atoms with van der Waals surface area (Å²) in [6.07, 6.45) is 0. The molecule has 0 bridgehead atoms. The zero-order valence-electron chi connectivity index (χ0n) is 30.7. The fourth-order valence-electron chi connectivity index (χ4n) is 7.90. The molecule has 0 spiro atoms. The van der Waals surface area contributed by atoms with Crippen molar-refractivity contribution in [1.82, 2.24) is 9.61 Å². The van der Waals surface area contributed by atoms with Gasteiger partial charge in [-0.3, -0.25) is 0 Å². The minimum atomic E-state index is 0.952. The Morgan fingerprint density at radius 1 is 0.321 bits per heavy atom. The van der Waals surface area contributed by atoms with Gasteiger partial charge >= 0.3 is 0 Å². The summed E-state index contributed by atoms with van der Waals surface area (Å²) in [5, 5.41) is 7.64. The van der Waals surface area contributed by atoms with E-state index >= 15 is 0 Å². The van der Waals surface area contributed by atoms with Gasteiger partial charge in [0.25, 0.3) is 0 Å². The summed E-state index contributed by atoms with van der Waals surface area (Å²) in [5.41, 5.74) is 15.6. The van der Waals surface area contributed by atoms with E-state index in [1.54, 1.807) is 0 Å². The summed E-state index contributed by atoms with van der Waals surface area (Å²) in [4.78, 5) is 2.34. The van der Waals surface area contributed by atoms with Crippen LogP contribution in [0.3, 0.4) is 0 Å². The number of fused-ring (bicyclic) bond motifs is 3. The zero-order valence-corrected chi connectivity index (χ0v) is 30.7. The van der Waals surface area contributed by atoms with Crippen LogP contribution in [-0.4, -0.2) is 9.61 Å². The first-order valence-corrected chi connectivity index (χ1v) is 19.1. The lowest BCUT2D eigenvalue weighted by Gasteiger charge is -2.26. The molecule has 0 aliphatic heterocycles. The van der Waals surface area contributed by atoms with Gasteiger partial charge in [-0.2, -0.15) is 5.10 Å². The lowest BCUT2D eigenvalue weighted by atomic mass is 9.93. The van der Waals surface area contributed by atoms with E-state index in [9.17, 15) is 0 Å². The Bertz CT molecular complexity index is 2820. The first-order chi connectivity index (χ1) is 27.8. The van der Waals surface area contributed by atoms with E-state index in [1.807, 2.05) is 6.07 Å². The van der Waals surface area contributed by atoms with Crippen molar-refractivity contribution in [2.45, 2.75) is 0 Å². The van der Waals surface area contributed by atoms with E-state index in [-0.39, 0.29) is 0 Å². The largest absolute Gasteiger partial charge is 0.311 e. The number of anilines is 3. The topological polar surface area (TPSA) is 20.5 Å². The van der Waals surface area contributed by atoms with E-state index in [0.717, 1.165) is 56.2 Å². The maximum atomic E-state index is 5.29. The molecule has 2 heterocycles. The van der Waals surface area contributed by atoms with Gasteiger partial charge in [0, 0.05) is 39.1 Å². The maximum absolute atomic E-state index is 5.29. The molecular weight excluding hydrogens is 679 g/mol. The standard InChI is InChI=1S/C53H37N3/c1-5-15-38(16-6-1)40-25-31-45(32-26-40)55(46-33-27-41(28-34-46)39-17-7-2-8-18-39)47-35-29-43(30-36-47)52-49-24-14-13-23-48(49)51-37-50(42-19-9-3-10-20-42)54-56(51)53(52)44-21-11-4-12-22-44/h1-37H. The molecule has 264 valence electrons. The number of hydrogen-bond donors (Lipinski definition) is 0. The first-order valence-electron chi connectivity index (χ1n) is 19.1. The number of pyridine rings is 1. The predicted octanol–water partition coefficient (Wildman–Crippen LogP) is 14.3. The monoisotopic (exact) mass is 715 g/mol. The lowest BCUT2D eigenvalue weighted by Crippen LogP contribution is -2.10. The Morgan fingerprint density at radius 3 is 1.18 bits per heavy atom. The van der Waals surface area contributed by atoms with Crippen molar-refractivity contribution >= 4 is 33.4 Å². The van der Waals surface area contributed by atoms with Crippen LogP contribution in [0.4, 0.5) is 17.1 Å². The predicted molar refractivity (Wildman–Crippen MR) is 235 cm³/mol. The summed E-state index contributed by atoms with van der Waals surface area (Å²) >= 11 is 0.